The van der Waals surface area contributed by atoms with Crippen molar-refractivity contribution in [3.05, 3.63) is 47.0 Å². The average molecular weight is 295 g/mol. The molecule has 2 atom stereocenters. The molecule has 6 heteroatoms. The SMILES string of the molecule is CC(NCC(C)(O)c1cnn(C)c1)c1cccnc1Cl. The molecule has 0 aliphatic rings. The molecule has 2 aromatic rings. The zero-order valence-corrected chi connectivity index (χ0v) is 12.6. The van der Waals surface area contributed by atoms with E-state index >= 15 is 0 Å². The lowest BCUT2D eigenvalue weighted by molar-refractivity contribution is 0.0543. The van der Waals surface area contributed by atoms with Crippen molar-refractivity contribution in [3.8, 4) is 0 Å². The maximum atomic E-state index is 10.5. The van der Waals surface area contributed by atoms with Crippen LogP contribution in [0.5, 0.6) is 0 Å². The summed E-state index contributed by atoms with van der Waals surface area (Å²) >= 11 is 6.06. The molecule has 20 heavy (non-hydrogen) atoms. The zero-order valence-electron chi connectivity index (χ0n) is 11.8. The van der Waals surface area contributed by atoms with Crippen LogP contribution in [-0.4, -0.2) is 26.4 Å². The van der Waals surface area contributed by atoms with Crippen LogP contribution in [0, 0.1) is 0 Å². The van der Waals surface area contributed by atoms with Crippen LogP contribution >= 0.6 is 11.6 Å². The third-order valence-electron chi connectivity index (χ3n) is 3.33. The quantitative estimate of drug-likeness (QED) is 0.828. The van der Waals surface area contributed by atoms with Gasteiger partial charge in [0.05, 0.1) is 6.20 Å². The molecule has 2 aromatic heterocycles. The van der Waals surface area contributed by atoms with Gasteiger partial charge >= 0.3 is 0 Å². The van der Waals surface area contributed by atoms with Crippen LogP contribution in [0.3, 0.4) is 0 Å². The summed E-state index contributed by atoms with van der Waals surface area (Å²) in [6, 6.07) is 3.77. The van der Waals surface area contributed by atoms with Crippen molar-refractivity contribution in [1.29, 1.82) is 0 Å². The van der Waals surface area contributed by atoms with Crippen molar-refractivity contribution in [1.82, 2.24) is 20.1 Å². The van der Waals surface area contributed by atoms with Gasteiger partial charge in [-0.15, -0.1) is 0 Å². The minimum absolute atomic E-state index is 0.000605. The second kappa shape index (κ2) is 5.91. The lowest BCUT2D eigenvalue weighted by Crippen LogP contribution is -2.36. The predicted octanol–water partition coefficient (Wildman–Crippen LogP) is 2.03. The fraction of sp³-hybridized carbons (Fsp3) is 0.429. The van der Waals surface area contributed by atoms with Gasteiger partial charge in [0.15, 0.2) is 0 Å². The fourth-order valence-electron chi connectivity index (χ4n) is 1.98. The Kier molecular flexibility index (Phi) is 4.42. The number of aromatic nitrogens is 3. The molecule has 0 fully saturated rings. The van der Waals surface area contributed by atoms with E-state index in [4.69, 9.17) is 11.6 Å². The molecule has 0 radical (unpaired) electrons. The van der Waals surface area contributed by atoms with Crippen LogP contribution in [0.25, 0.3) is 0 Å². The van der Waals surface area contributed by atoms with Crippen molar-refractivity contribution in [2.24, 2.45) is 7.05 Å². The Morgan fingerprint density at radius 1 is 1.55 bits per heavy atom. The number of nitrogens with one attached hydrogen (secondary N) is 1. The van der Waals surface area contributed by atoms with Gasteiger partial charge in [0.25, 0.3) is 0 Å². The number of hydrogen-bond donors (Lipinski definition) is 2. The molecule has 0 saturated heterocycles. The summed E-state index contributed by atoms with van der Waals surface area (Å²) in [5, 5.41) is 18.3. The highest BCUT2D eigenvalue weighted by molar-refractivity contribution is 6.30. The topological polar surface area (TPSA) is 63.0 Å². The summed E-state index contributed by atoms with van der Waals surface area (Å²) in [4.78, 5) is 4.06. The summed E-state index contributed by atoms with van der Waals surface area (Å²) in [6.45, 7) is 4.14. The summed E-state index contributed by atoms with van der Waals surface area (Å²) in [5.74, 6) is 0. The van der Waals surface area contributed by atoms with E-state index in [9.17, 15) is 5.11 Å². The Morgan fingerprint density at radius 3 is 2.90 bits per heavy atom. The summed E-state index contributed by atoms with van der Waals surface area (Å²) < 4.78 is 1.67. The van der Waals surface area contributed by atoms with Gasteiger partial charge in [0, 0.05) is 43.2 Å². The van der Waals surface area contributed by atoms with E-state index in [0.717, 1.165) is 11.1 Å². The number of hydrogen-bond acceptors (Lipinski definition) is 4. The van der Waals surface area contributed by atoms with Crippen LogP contribution in [0.15, 0.2) is 30.7 Å². The van der Waals surface area contributed by atoms with E-state index in [-0.39, 0.29) is 6.04 Å². The van der Waals surface area contributed by atoms with E-state index in [1.165, 1.54) is 0 Å². The summed E-state index contributed by atoms with van der Waals surface area (Å²) in [5.41, 5.74) is 0.699. The Bertz CT molecular complexity index is 582. The second-order valence-electron chi connectivity index (χ2n) is 5.16. The number of aliphatic hydroxyl groups is 1. The molecular formula is C14H19ClN4O. The smallest absolute Gasteiger partial charge is 0.133 e. The van der Waals surface area contributed by atoms with Gasteiger partial charge in [-0.25, -0.2) is 4.98 Å². The molecule has 0 aromatic carbocycles. The summed E-state index contributed by atoms with van der Waals surface area (Å²) in [7, 11) is 1.82. The molecule has 108 valence electrons. The average Bonchev–Trinajstić information content (AvgIpc) is 2.84. The lowest BCUT2D eigenvalue weighted by atomic mass is 9.99. The van der Waals surface area contributed by atoms with Gasteiger partial charge in [-0.05, 0) is 19.9 Å². The molecular weight excluding hydrogens is 276 g/mol. The molecule has 2 rings (SSSR count). The van der Waals surface area contributed by atoms with Gasteiger partial charge in [0.2, 0.25) is 0 Å². The predicted molar refractivity (Wildman–Crippen MR) is 78.4 cm³/mol. The number of rotatable bonds is 5. The van der Waals surface area contributed by atoms with Crippen LogP contribution in [0.2, 0.25) is 5.15 Å². The van der Waals surface area contributed by atoms with Crippen LogP contribution in [0.1, 0.15) is 31.0 Å². The number of pyridine rings is 1. The van der Waals surface area contributed by atoms with Crippen LogP contribution in [0.4, 0.5) is 0 Å². The molecule has 0 aliphatic carbocycles. The molecule has 2 unspecified atom stereocenters. The maximum absolute atomic E-state index is 10.5. The van der Waals surface area contributed by atoms with Gasteiger partial charge in [-0.1, -0.05) is 17.7 Å². The Hall–Kier alpha value is -1.43. The standard InChI is InChI=1S/C14H19ClN4O/c1-10(12-5-4-6-16-13(12)15)17-9-14(2,20)11-7-18-19(3)8-11/h4-8,10,17,20H,9H2,1-3H3. The van der Waals surface area contributed by atoms with Crippen molar-refractivity contribution in [3.63, 3.8) is 0 Å². The lowest BCUT2D eigenvalue weighted by Gasteiger charge is -2.25. The minimum atomic E-state index is -0.989. The first-order chi connectivity index (χ1) is 9.40. The zero-order chi connectivity index (χ0) is 14.8. The fourth-order valence-corrected chi connectivity index (χ4v) is 2.27. The van der Waals surface area contributed by atoms with Gasteiger partial charge in [-0.3, -0.25) is 4.68 Å². The molecule has 0 aliphatic heterocycles. The van der Waals surface area contributed by atoms with Crippen molar-refractivity contribution in [2.45, 2.75) is 25.5 Å². The van der Waals surface area contributed by atoms with Crippen molar-refractivity contribution in [2.75, 3.05) is 6.54 Å². The molecule has 0 spiro atoms. The third kappa shape index (κ3) is 3.36. The first-order valence-corrected chi connectivity index (χ1v) is 6.83. The van der Waals surface area contributed by atoms with E-state index in [2.05, 4.69) is 15.4 Å². The molecule has 0 amide bonds. The van der Waals surface area contributed by atoms with E-state index in [1.807, 2.05) is 32.3 Å². The maximum Gasteiger partial charge on any atom is 0.133 e. The van der Waals surface area contributed by atoms with Crippen molar-refractivity contribution >= 4 is 11.6 Å². The van der Waals surface area contributed by atoms with Crippen LogP contribution < -0.4 is 5.32 Å². The third-order valence-corrected chi connectivity index (χ3v) is 3.65. The number of aryl methyl sites for hydroxylation is 1. The van der Waals surface area contributed by atoms with Gasteiger partial charge in [0.1, 0.15) is 10.8 Å². The molecule has 0 saturated carbocycles. The Morgan fingerprint density at radius 2 is 2.30 bits per heavy atom. The first kappa shape index (κ1) is 15.0. The van der Waals surface area contributed by atoms with E-state index in [0.29, 0.717) is 11.7 Å². The van der Waals surface area contributed by atoms with E-state index in [1.54, 1.807) is 24.0 Å². The Balaban J connectivity index is 2.03. The highest BCUT2D eigenvalue weighted by Crippen LogP contribution is 2.23. The highest BCUT2D eigenvalue weighted by Gasteiger charge is 2.25. The largest absolute Gasteiger partial charge is 0.384 e. The Labute approximate surface area is 123 Å². The van der Waals surface area contributed by atoms with Gasteiger partial charge in [-0.2, -0.15) is 5.10 Å². The van der Waals surface area contributed by atoms with E-state index < -0.39 is 5.60 Å². The highest BCUT2D eigenvalue weighted by atomic mass is 35.5. The minimum Gasteiger partial charge on any atom is -0.384 e. The number of nitrogens with zero attached hydrogens (tertiary/aromatic N) is 3. The number of halogens is 1. The summed E-state index contributed by atoms with van der Waals surface area (Å²) in [6.07, 6.45) is 5.14. The molecule has 5 nitrogen and oxygen atoms in total. The van der Waals surface area contributed by atoms with Crippen LogP contribution in [-0.2, 0) is 12.6 Å². The van der Waals surface area contributed by atoms with Gasteiger partial charge < -0.3 is 10.4 Å². The monoisotopic (exact) mass is 294 g/mol. The molecule has 2 heterocycles. The molecule has 2 N–H and O–H groups in total. The van der Waals surface area contributed by atoms with Crippen molar-refractivity contribution < 1.29 is 5.11 Å². The second-order valence-corrected chi connectivity index (χ2v) is 5.52. The molecule has 0 bridgehead atoms. The normalized spacial score (nSPS) is 15.8. The first-order valence-electron chi connectivity index (χ1n) is 6.45.